The maximum Gasteiger partial charge on any atom is 0.469 e. The van der Waals surface area contributed by atoms with Crippen LogP contribution in [-0.2, 0) is 28.2 Å². The Hall–Kier alpha value is -0.830. The molecule has 1 saturated heterocycles. The zero-order chi connectivity index (χ0) is 31.6. The summed E-state index contributed by atoms with van der Waals surface area (Å²) in [5, 5.41) is 0. The molecule has 1 heterocycles. The topological polar surface area (TPSA) is 123 Å². The fraction of sp³-hybridized carbons (Fsp3) is 0.939. The number of likely N-dealkylation sites (tertiary alicyclic amines) is 1. The zero-order valence-corrected chi connectivity index (χ0v) is 28.4. The molecule has 1 aliphatic heterocycles. The van der Waals surface area contributed by atoms with Crippen molar-refractivity contribution in [2.45, 2.75) is 167 Å². The molecule has 2 unspecified atom stereocenters. The predicted molar refractivity (Wildman–Crippen MR) is 172 cm³/mol. The molecule has 2 atom stereocenters. The van der Waals surface area contributed by atoms with Crippen LogP contribution in [0.5, 0.6) is 0 Å². The number of carbonyl (C=O) groups excluding carboxylic acids is 2. The van der Waals surface area contributed by atoms with Gasteiger partial charge in [-0.05, 0) is 52.1 Å². The minimum Gasteiger partial charge on any atom is -0.459 e. The molecule has 1 fully saturated rings. The molecule has 9 nitrogen and oxygen atoms in total. The van der Waals surface area contributed by atoms with E-state index in [9.17, 15) is 14.2 Å². The number of hydrogen-bond acceptors (Lipinski definition) is 7. The second kappa shape index (κ2) is 26.4. The lowest BCUT2D eigenvalue weighted by molar-refractivity contribution is -0.153. The van der Waals surface area contributed by atoms with Crippen LogP contribution in [0, 0.1) is 0 Å². The van der Waals surface area contributed by atoms with Crippen LogP contribution in [0.1, 0.15) is 155 Å². The van der Waals surface area contributed by atoms with E-state index in [1.807, 2.05) is 0 Å². The predicted octanol–water partition coefficient (Wildman–Crippen LogP) is 7.90. The van der Waals surface area contributed by atoms with Crippen molar-refractivity contribution in [1.29, 1.82) is 0 Å². The van der Waals surface area contributed by atoms with Crippen molar-refractivity contribution >= 4 is 19.6 Å². The van der Waals surface area contributed by atoms with Crippen LogP contribution in [0.15, 0.2) is 0 Å². The Labute approximate surface area is 262 Å². The van der Waals surface area contributed by atoms with Gasteiger partial charge >= 0.3 is 13.8 Å². The number of esters is 1. The largest absolute Gasteiger partial charge is 0.469 e. The van der Waals surface area contributed by atoms with E-state index in [2.05, 4.69) is 16.3 Å². The summed E-state index contributed by atoms with van der Waals surface area (Å²) in [6.07, 6.45) is 24.7. The van der Waals surface area contributed by atoms with Gasteiger partial charge in [0.05, 0.1) is 6.61 Å². The van der Waals surface area contributed by atoms with Gasteiger partial charge in [-0.2, -0.15) is 0 Å². The van der Waals surface area contributed by atoms with Gasteiger partial charge in [-0.25, -0.2) is 4.57 Å². The molecule has 0 spiro atoms. The summed E-state index contributed by atoms with van der Waals surface area (Å²) in [5.41, 5.74) is 0. The molecule has 1 rings (SSSR count). The molecule has 0 aromatic rings. The third-order valence-electron chi connectivity index (χ3n) is 8.28. The van der Waals surface area contributed by atoms with Gasteiger partial charge in [0.1, 0.15) is 18.3 Å². The molecule has 0 radical (unpaired) electrons. The molecule has 2 N–H and O–H groups in total. The number of phosphoric acid groups is 1. The smallest absolute Gasteiger partial charge is 0.459 e. The van der Waals surface area contributed by atoms with Gasteiger partial charge in [-0.1, -0.05) is 103 Å². The molecule has 0 amide bonds. The lowest BCUT2D eigenvalue weighted by Crippen LogP contribution is -2.38. The summed E-state index contributed by atoms with van der Waals surface area (Å²) < 4.78 is 27.2. The SMILES string of the molecule is CCCCCCCCCCCCCCCCCCOCCCC(CC(COP(=O)(O)O)OC(=O)CC(C)=O)N1CCCC1. The van der Waals surface area contributed by atoms with Gasteiger partial charge < -0.3 is 24.2 Å². The quantitative estimate of drug-likeness (QED) is 0.0352. The zero-order valence-electron chi connectivity index (χ0n) is 27.5. The van der Waals surface area contributed by atoms with Crippen LogP contribution in [0.3, 0.4) is 0 Å². The first-order chi connectivity index (χ1) is 20.7. The summed E-state index contributed by atoms with van der Waals surface area (Å²) in [4.78, 5) is 44.1. The maximum absolute atomic E-state index is 12.1. The number of phosphoric ester groups is 1. The summed E-state index contributed by atoms with van der Waals surface area (Å²) in [6, 6.07) is 0.0807. The fourth-order valence-electron chi connectivity index (χ4n) is 5.90. The van der Waals surface area contributed by atoms with E-state index in [1.165, 1.54) is 103 Å². The number of hydrogen-bond donors (Lipinski definition) is 2. The highest BCUT2D eigenvalue weighted by atomic mass is 31.2. The molecular weight excluding hydrogens is 569 g/mol. The van der Waals surface area contributed by atoms with Gasteiger partial charge in [-0.3, -0.25) is 14.1 Å². The van der Waals surface area contributed by atoms with E-state index >= 15 is 0 Å². The maximum atomic E-state index is 12.1. The summed E-state index contributed by atoms with van der Waals surface area (Å²) >= 11 is 0. The van der Waals surface area contributed by atoms with E-state index in [0.717, 1.165) is 51.8 Å². The normalized spacial score (nSPS) is 15.5. The molecule has 0 aliphatic carbocycles. The number of ketones is 1. The van der Waals surface area contributed by atoms with Crippen LogP contribution in [0.4, 0.5) is 0 Å². The van der Waals surface area contributed by atoms with Crippen molar-refractivity contribution in [3.63, 3.8) is 0 Å². The van der Waals surface area contributed by atoms with Crippen molar-refractivity contribution in [2.24, 2.45) is 0 Å². The second-order valence-corrected chi connectivity index (χ2v) is 13.7. The number of ether oxygens (including phenoxy) is 2. The highest BCUT2D eigenvalue weighted by Crippen LogP contribution is 2.36. The number of carbonyl (C=O) groups is 2. The van der Waals surface area contributed by atoms with Crippen molar-refractivity contribution in [2.75, 3.05) is 32.9 Å². The molecule has 0 aromatic carbocycles. The average molecular weight is 634 g/mol. The van der Waals surface area contributed by atoms with Gasteiger partial charge in [0.2, 0.25) is 0 Å². The summed E-state index contributed by atoms with van der Waals surface area (Å²) in [7, 11) is -4.71. The molecule has 0 saturated carbocycles. The van der Waals surface area contributed by atoms with Gasteiger partial charge in [0.25, 0.3) is 0 Å². The van der Waals surface area contributed by atoms with Crippen molar-refractivity contribution in [3.8, 4) is 0 Å². The van der Waals surface area contributed by atoms with Crippen LogP contribution in [-0.4, -0.2) is 71.5 Å². The molecule has 254 valence electrons. The van der Waals surface area contributed by atoms with Gasteiger partial charge in [0, 0.05) is 25.7 Å². The Bertz CT molecular complexity index is 740. The Morgan fingerprint density at radius 1 is 0.767 bits per heavy atom. The van der Waals surface area contributed by atoms with Gasteiger partial charge in [0.15, 0.2) is 0 Å². The van der Waals surface area contributed by atoms with E-state index in [0.29, 0.717) is 13.0 Å². The molecule has 0 aromatic heterocycles. The lowest BCUT2D eigenvalue weighted by atomic mass is 10.0. The lowest BCUT2D eigenvalue weighted by Gasteiger charge is -2.31. The van der Waals surface area contributed by atoms with E-state index in [1.54, 1.807) is 0 Å². The van der Waals surface area contributed by atoms with Crippen molar-refractivity contribution < 1.29 is 37.9 Å². The number of rotatable bonds is 30. The Balaban J connectivity index is 2.16. The van der Waals surface area contributed by atoms with Crippen LogP contribution in [0.25, 0.3) is 0 Å². The highest BCUT2D eigenvalue weighted by Gasteiger charge is 2.29. The molecule has 10 heteroatoms. The number of unbranched alkanes of at least 4 members (excludes halogenated alkanes) is 15. The first-order valence-corrected chi connectivity index (χ1v) is 18.9. The van der Waals surface area contributed by atoms with Crippen LogP contribution in [0.2, 0.25) is 0 Å². The molecular formula is C33H64NO8P. The molecule has 43 heavy (non-hydrogen) atoms. The molecule has 1 aliphatic rings. The standard InChI is InChI=1S/C33H64NO8P/c1-3-4-5-6-7-8-9-10-11-12-13-14-15-16-17-20-25-40-26-21-22-31(34-23-18-19-24-34)28-32(29-41-43(37,38)39)42-33(36)27-30(2)35/h31-32H,3-29H2,1-2H3,(H2,37,38,39). The third-order valence-corrected chi connectivity index (χ3v) is 8.77. The fourth-order valence-corrected chi connectivity index (χ4v) is 6.26. The summed E-state index contributed by atoms with van der Waals surface area (Å²) in [6.45, 7) is 6.49. The molecule has 0 bridgehead atoms. The van der Waals surface area contributed by atoms with E-state index in [-0.39, 0.29) is 18.2 Å². The number of nitrogens with zero attached hydrogens (tertiary/aromatic N) is 1. The Morgan fingerprint density at radius 3 is 1.74 bits per heavy atom. The van der Waals surface area contributed by atoms with E-state index in [4.69, 9.17) is 19.3 Å². The van der Waals surface area contributed by atoms with E-state index < -0.39 is 26.5 Å². The van der Waals surface area contributed by atoms with Crippen molar-refractivity contribution in [3.05, 3.63) is 0 Å². The highest BCUT2D eigenvalue weighted by molar-refractivity contribution is 7.46. The average Bonchev–Trinajstić information content (AvgIpc) is 3.48. The summed E-state index contributed by atoms with van der Waals surface area (Å²) in [5.74, 6) is -1.02. The minimum atomic E-state index is -4.71. The Kier molecular flexibility index (Phi) is 24.7. The monoisotopic (exact) mass is 633 g/mol. The first-order valence-electron chi connectivity index (χ1n) is 17.4. The van der Waals surface area contributed by atoms with Gasteiger partial charge in [-0.15, -0.1) is 0 Å². The van der Waals surface area contributed by atoms with Crippen LogP contribution >= 0.6 is 7.82 Å². The first kappa shape index (κ1) is 40.2. The third kappa shape index (κ3) is 25.1. The van der Waals surface area contributed by atoms with Crippen LogP contribution < -0.4 is 0 Å². The second-order valence-electron chi connectivity index (χ2n) is 12.5. The number of Topliss-reactive ketones (excluding diaryl/α,β-unsaturated/α-hetero) is 1. The minimum absolute atomic E-state index is 0.0807. The van der Waals surface area contributed by atoms with Crippen molar-refractivity contribution in [1.82, 2.24) is 4.90 Å². The Morgan fingerprint density at radius 2 is 1.26 bits per heavy atom.